The van der Waals surface area contributed by atoms with Crippen molar-refractivity contribution in [1.29, 1.82) is 0 Å². The lowest BCUT2D eigenvalue weighted by atomic mass is 9.99. The maximum absolute atomic E-state index is 12.5. The monoisotopic (exact) mass is 403 g/mol. The largest absolute Gasteiger partial charge is 0.493 e. The number of hydrogen-bond donors (Lipinski definition) is 1. The Morgan fingerprint density at radius 3 is 2.36 bits per heavy atom. The van der Waals surface area contributed by atoms with Gasteiger partial charge in [-0.25, -0.2) is 0 Å². The van der Waals surface area contributed by atoms with E-state index in [2.05, 4.69) is 21.2 Å². The highest BCUT2D eigenvalue weighted by Crippen LogP contribution is 2.43. The van der Waals surface area contributed by atoms with E-state index >= 15 is 0 Å². The van der Waals surface area contributed by atoms with Crippen molar-refractivity contribution in [3.8, 4) is 17.2 Å². The molecule has 0 spiro atoms. The molecular weight excluding hydrogens is 386 g/mol. The number of nitrogens with one attached hydrogen (secondary N) is 1. The molecule has 1 N–H and O–H groups in total. The Bertz CT molecular complexity index is 889. The number of benzene rings is 2. The van der Waals surface area contributed by atoms with Crippen molar-refractivity contribution in [3.63, 3.8) is 0 Å². The van der Waals surface area contributed by atoms with E-state index in [4.69, 9.17) is 14.2 Å². The lowest BCUT2D eigenvalue weighted by Crippen LogP contribution is -2.04. The van der Waals surface area contributed by atoms with E-state index in [1.165, 1.54) is 0 Å². The molecular formula is C19H18BrNO4. The fourth-order valence-electron chi connectivity index (χ4n) is 2.97. The molecule has 2 aromatic rings. The SMILES string of the molecule is COc1ccc(C=C2C(=O)Nc3ccc(Br)c(C)c32)c(OC)c1OC. The number of anilines is 1. The number of fused-ring (bicyclic) bond motifs is 1. The molecule has 1 amide bonds. The maximum Gasteiger partial charge on any atom is 0.256 e. The second kappa shape index (κ2) is 6.80. The van der Waals surface area contributed by atoms with Crippen LogP contribution >= 0.6 is 15.9 Å². The van der Waals surface area contributed by atoms with Crippen LogP contribution in [0.2, 0.25) is 0 Å². The van der Waals surface area contributed by atoms with Crippen LogP contribution < -0.4 is 19.5 Å². The summed E-state index contributed by atoms with van der Waals surface area (Å²) in [6.45, 7) is 1.98. The molecule has 0 aromatic heterocycles. The fourth-order valence-corrected chi connectivity index (χ4v) is 3.30. The zero-order valence-corrected chi connectivity index (χ0v) is 16.0. The second-order valence-electron chi connectivity index (χ2n) is 5.53. The van der Waals surface area contributed by atoms with Crippen LogP contribution in [-0.4, -0.2) is 27.2 Å². The summed E-state index contributed by atoms with van der Waals surface area (Å²) in [5, 5.41) is 2.90. The first-order chi connectivity index (χ1) is 12.0. The summed E-state index contributed by atoms with van der Waals surface area (Å²) in [6.07, 6.45) is 1.81. The van der Waals surface area contributed by atoms with Gasteiger partial charge in [-0.1, -0.05) is 15.9 Å². The van der Waals surface area contributed by atoms with E-state index < -0.39 is 0 Å². The molecule has 1 heterocycles. The quantitative estimate of drug-likeness (QED) is 0.774. The van der Waals surface area contributed by atoms with E-state index in [1.54, 1.807) is 33.5 Å². The summed E-state index contributed by atoms with van der Waals surface area (Å²) in [4.78, 5) is 12.5. The Labute approximate surface area is 154 Å². The van der Waals surface area contributed by atoms with Crippen LogP contribution in [-0.2, 0) is 4.79 Å². The number of ether oxygens (including phenoxy) is 3. The van der Waals surface area contributed by atoms with Gasteiger partial charge in [0, 0.05) is 21.3 Å². The number of rotatable bonds is 4. The molecule has 0 saturated heterocycles. The Morgan fingerprint density at radius 1 is 1.00 bits per heavy atom. The molecule has 0 atom stereocenters. The van der Waals surface area contributed by atoms with Gasteiger partial charge in [0.2, 0.25) is 5.75 Å². The predicted octanol–water partition coefficient (Wildman–Crippen LogP) is 4.28. The van der Waals surface area contributed by atoms with Crippen LogP contribution in [0, 0.1) is 6.92 Å². The summed E-state index contributed by atoms with van der Waals surface area (Å²) in [5.74, 6) is 1.43. The van der Waals surface area contributed by atoms with Gasteiger partial charge in [0.25, 0.3) is 5.91 Å². The molecule has 0 radical (unpaired) electrons. The molecule has 1 aliphatic rings. The highest BCUT2D eigenvalue weighted by molar-refractivity contribution is 9.10. The minimum atomic E-state index is -0.145. The molecule has 5 nitrogen and oxygen atoms in total. The third-order valence-corrected chi connectivity index (χ3v) is 5.05. The third-order valence-electron chi connectivity index (χ3n) is 4.20. The highest BCUT2D eigenvalue weighted by atomic mass is 79.9. The molecule has 2 aromatic carbocycles. The third kappa shape index (κ3) is 2.87. The number of carbonyl (C=O) groups excluding carboxylic acids is 1. The summed E-state index contributed by atoms with van der Waals surface area (Å²) in [7, 11) is 4.68. The number of carbonyl (C=O) groups is 1. The van der Waals surface area contributed by atoms with Crippen molar-refractivity contribution in [2.45, 2.75) is 6.92 Å². The predicted molar refractivity (Wildman–Crippen MR) is 101 cm³/mol. The molecule has 25 heavy (non-hydrogen) atoms. The van der Waals surface area contributed by atoms with E-state index in [-0.39, 0.29) is 5.91 Å². The number of halogens is 1. The molecule has 0 bridgehead atoms. The van der Waals surface area contributed by atoms with E-state index in [9.17, 15) is 4.79 Å². The van der Waals surface area contributed by atoms with Crippen molar-refractivity contribution in [2.24, 2.45) is 0 Å². The topological polar surface area (TPSA) is 56.8 Å². The minimum Gasteiger partial charge on any atom is -0.493 e. The van der Waals surface area contributed by atoms with Gasteiger partial charge in [-0.3, -0.25) is 4.79 Å². The Balaban J connectivity index is 2.21. The van der Waals surface area contributed by atoms with Gasteiger partial charge < -0.3 is 19.5 Å². The average Bonchev–Trinajstić information content (AvgIpc) is 2.93. The molecule has 6 heteroatoms. The summed E-state index contributed by atoms with van der Waals surface area (Å²) < 4.78 is 17.2. The van der Waals surface area contributed by atoms with Crippen molar-refractivity contribution in [3.05, 3.63) is 45.4 Å². The Morgan fingerprint density at radius 2 is 1.72 bits per heavy atom. The smallest absolute Gasteiger partial charge is 0.256 e. The Kier molecular flexibility index (Phi) is 4.72. The van der Waals surface area contributed by atoms with Gasteiger partial charge in [-0.05, 0) is 42.8 Å². The molecule has 1 aliphatic heterocycles. The van der Waals surface area contributed by atoms with Crippen molar-refractivity contribution in [2.75, 3.05) is 26.6 Å². The summed E-state index contributed by atoms with van der Waals surface area (Å²) in [5.41, 5.74) is 4.01. The van der Waals surface area contributed by atoms with Crippen molar-refractivity contribution < 1.29 is 19.0 Å². The van der Waals surface area contributed by atoms with Crippen LogP contribution in [0.3, 0.4) is 0 Å². The minimum absolute atomic E-state index is 0.145. The number of amides is 1. The lowest BCUT2D eigenvalue weighted by Gasteiger charge is -2.14. The normalized spacial score (nSPS) is 14.3. The molecule has 130 valence electrons. The molecule has 3 rings (SSSR count). The van der Waals surface area contributed by atoms with Crippen LogP contribution in [0.5, 0.6) is 17.2 Å². The van der Waals surface area contributed by atoms with Gasteiger partial charge in [-0.15, -0.1) is 0 Å². The van der Waals surface area contributed by atoms with Gasteiger partial charge in [-0.2, -0.15) is 0 Å². The second-order valence-corrected chi connectivity index (χ2v) is 6.38. The summed E-state index contributed by atoms with van der Waals surface area (Å²) in [6, 6.07) is 7.44. The van der Waals surface area contributed by atoms with Crippen LogP contribution in [0.1, 0.15) is 16.7 Å². The first kappa shape index (κ1) is 17.4. The lowest BCUT2D eigenvalue weighted by molar-refractivity contribution is -0.110. The molecule has 0 fully saturated rings. The summed E-state index contributed by atoms with van der Waals surface area (Å²) >= 11 is 3.52. The average molecular weight is 404 g/mol. The zero-order chi connectivity index (χ0) is 18.1. The first-order valence-corrected chi connectivity index (χ1v) is 8.42. The number of methoxy groups -OCH3 is 3. The van der Waals surface area contributed by atoms with Gasteiger partial charge >= 0.3 is 0 Å². The molecule has 0 aliphatic carbocycles. The number of hydrogen-bond acceptors (Lipinski definition) is 4. The van der Waals surface area contributed by atoms with Crippen LogP contribution in [0.15, 0.2) is 28.7 Å². The zero-order valence-electron chi connectivity index (χ0n) is 14.4. The standard InChI is InChI=1S/C19H18BrNO4/c1-10-13(20)6-7-14-16(10)12(19(22)21-14)9-11-5-8-15(23-2)18(25-4)17(11)24-3/h5-9H,1-4H3,(H,21,22). The molecule has 0 unspecified atom stereocenters. The van der Waals surface area contributed by atoms with Crippen molar-refractivity contribution >= 4 is 39.2 Å². The van der Waals surface area contributed by atoms with Gasteiger partial charge in [0.1, 0.15) is 0 Å². The molecule has 0 saturated carbocycles. The maximum atomic E-state index is 12.5. The first-order valence-electron chi connectivity index (χ1n) is 7.63. The van der Waals surface area contributed by atoms with Crippen LogP contribution in [0.25, 0.3) is 11.6 Å². The van der Waals surface area contributed by atoms with Crippen molar-refractivity contribution in [1.82, 2.24) is 0 Å². The van der Waals surface area contributed by atoms with Crippen LogP contribution in [0.4, 0.5) is 5.69 Å². The van der Waals surface area contributed by atoms with E-state index in [0.717, 1.165) is 26.9 Å². The highest BCUT2D eigenvalue weighted by Gasteiger charge is 2.27. The van der Waals surface area contributed by atoms with Gasteiger partial charge in [0.05, 0.1) is 26.9 Å². The van der Waals surface area contributed by atoms with E-state index in [0.29, 0.717) is 22.8 Å². The fraction of sp³-hybridized carbons (Fsp3) is 0.211. The van der Waals surface area contributed by atoms with Gasteiger partial charge in [0.15, 0.2) is 11.5 Å². The van der Waals surface area contributed by atoms with E-state index in [1.807, 2.05) is 25.1 Å². The Hall–Kier alpha value is -2.47.